The molecule has 0 saturated heterocycles. The van der Waals surface area contributed by atoms with Crippen LogP contribution in [-0.4, -0.2) is 9.97 Å². The van der Waals surface area contributed by atoms with E-state index in [2.05, 4.69) is 9.97 Å². The zero-order valence-electron chi connectivity index (χ0n) is 10.00. The highest BCUT2D eigenvalue weighted by molar-refractivity contribution is 14.1. The summed E-state index contributed by atoms with van der Waals surface area (Å²) in [6, 6.07) is 5.90. The molecule has 1 N–H and O–H groups in total. The van der Waals surface area contributed by atoms with Crippen LogP contribution >= 0.6 is 22.6 Å². The highest BCUT2D eigenvalue weighted by Gasteiger charge is 2.12. The molecule has 0 unspecified atom stereocenters. The Morgan fingerprint density at radius 2 is 1.89 bits per heavy atom. The minimum Gasteiger partial charge on any atom is -0.306 e. The highest BCUT2D eigenvalue weighted by atomic mass is 127. The number of rotatable bonds is 2. The first-order valence-corrected chi connectivity index (χ1v) is 6.62. The van der Waals surface area contributed by atoms with Crippen LogP contribution in [0.2, 0.25) is 0 Å². The summed E-state index contributed by atoms with van der Waals surface area (Å²) in [4.78, 5) is 19.0. The summed E-state index contributed by atoms with van der Waals surface area (Å²) in [5, 5.41) is 0. The minimum atomic E-state index is -0.310. The maximum atomic E-state index is 12.9. The van der Waals surface area contributed by atoms with E-state index in [1.165, 1.54) is 12.1 Å². The van der Waals surface area contributed by atoms with Gasteiger partial charge in [0.2, 0.25) is 0 Å². The first-order valence-electron chi connectivity index (χ1n) is 5.54. The van der Waals surface area contributed by atoms with Gasteiger partial charge in [0.25, 0.3) is 5.56 Å². The SMILES string of the molecule is CC(C)c1nc(-c2ccc(F)cc2)[nH]c(=O)c1I. The van der Waals surface area contributed by atoms with Crippen LogP contribution in [0.15, 0.2) is 29.1 Å². The molecular weight excluding hydrogens is 346 g/mol. The number of hydrogen-bond donors (Lipinski definition) is 1. The average molecular weight is 358 g/mol. The molecular formula is C13H12FIN2O. The van der Waals surface area contributed by atoms with Gasteiger partial charge in [-0.15, -0.1) is 0 Å². The summed E-state index contributed by atoms with van der Waals surface area (Å²) in [6.45, 7) is 3.97. The van der Waals surface area contributed by atoms with Gasteiger partial charge in [0.15, 0.2) is 0 Å². The van der Waals surface area contributed by atoms with Crippen molar-refractivity contribution in [2.45, 2.75) is 19.8 Å². The van der Waals surface area contributed by atoms with Crippen LogP contribution in [0.5, 0.6) is 0 Å². The first-order chi connectivity index (χ1) is 8.49. The second-order valence-corrected chi connectivity index (χ2v) is 5.35. The standard InChI is InChI=1S/C13H12FIN2O/c1-7(2)11-10(15)13(18)17-12(16-11)8-3-5-9(14)6-4-8/h3-7H,1-2H3,(H,16,17,18). The largest absolute Gasteiger partial charge is 0.306 e. The number of hydrogen-bond acceptors (Lipinski definition) is 2. The number of benzene rings is 1. The Kier molecular flexibility index (Phi) is 3.79. The van der Waals surface area contributed by atoms with Crippen molar-refractivity contribution in [1.29, 1.82) is 0 Å². The van der Waals surface area contributed by atoms with Gasteiger partial charge < -0.3 is 4.98 Å². The second-order valence-electron chi connectivity index (χ2n) is 4.28. The fourth-order valence-corrected chi connectivity index (χ4v) is 2.48. The number of aromatic nitrogens is 2. The van der Waals surface area contributed by atoms with Crippen molar-refractivity contribution in [3.8, 4) is 11.4 Å². The fourth-order valence-electron chi connectivity index (χ4n) is 1.60. The quantitative estimate of drug-likeness (QED) is 0.838. The fraction of sp³-hybridized carbons (Fsp3) is 0.231. The van der Waals surface area contributed by atoms with Crippen molar-refractivity contribution in [2.75, 3.05) is 0 Å². The third-order valence-corrected chi connectivity index (χ3v) is 3.60. The van der Waals surface area contributed by atoms with E-state index >= 15 is 0 Å². The van der Waals surface area contributed by atoms with Crippen molar-refractivity contribution in [2.24, 2.45) is 0 Å². The van der Waals surface area contributed by atoms with Gasteiger partial charge in [-0.05, 0) is 52.8 Å². The normalized spacial score (nSPS) is 10.9. The molecule has 1 aromatic heterocycles. The lowest BCUT2D eigenvalue weighted by molar-refractivity contribution is 0.628. The summed E-state index contributed by atoms with van der Waals surface area (Å²) < 4.78 is 13.5. The van der Waals surface area contributed by atoms with Crippen molar-refractivity contribution >= 4 is 22.6 Å². The predicted molar refractivity (Wildman–Crippen MR) is 77.1 cm³/mol. The Morgan fingerprint density at radius 3 is 2.44 bits per heavy atom. The monoisotopic (exact) mass is 358 g/mol. The lowest BCUT2D eigenvalue weighted by Gasteiger charge is -2.09. The molecule has 3 nitrogen and oxygen atoms in total. The van der Waals surface area contributed by atoms with Crippen LogP contribution in [0.3, 0.4) is 0 Å². The van der Waals surface area contributed by atoms with E-state index in [1.807, 2.05) is 36.4 Å². The summed E-state index contributed by atoms with van der Waals surface area (Å²) in [6.07, 6.45) is 0. The van der Waals surface area contributed by atoms with Crippen molar-refractivity contribution in [1.82, 2.24) is 9.97 Å². The van der Waals surface area contributed by atoms with Crippen LogP contribution in [0, 0.1) is 9.39 Å². The third-order valence-electron chi connectivity index (χ3n) is 2.55. The van der Waals surface area contributed by atoms with Gasteiger partial charge in [0, 0.05) is 5.56 Å². The molecule has 18 heavy (non-hydrogen) atoms. The number of aromatic amines is 1. The van der Waals surface area contributed by atoms with E-state index < -0.39 is 0 Å². The van der Waals surface area contributed by atoms with Gasteiger partial charge in [-0.25, -0.2) is 9.37 Å². The maximum Gasteiger partial charge on any atom is 0.264 e. The Hall–Kier alpha value is -1.24. The van der Waals surface area contributed by atoms with Crippen LogP contribution in [0.25, 0.3) is 11.4 Å². The van der Waals surface area contributed by atoms with Gasteiger partial charge in [0.05, 0.1) is 9.26 Å². The lowest BCUT2D eigenvalue weighted by Crippen LogP contribution is -2.17. The van der Waals surface area contributed by atoms with Gasteiger partial charge in [-0.1, -0.05) is 13.8 Å². The summed E-state index contributed by atoms with van der Waals surface area (Å²) in [5.74, 6) is 0.332. The molecule has 0 aliphatic carbocycles. The lowest BCUT2D eigenvalue weighted by atomic mass is 10.1. The Labute approximate surface area is 118 Å². The molecule has 0 saturated carbocycles. The van der Waals surface area contributed by atoms with E-state index in [4.69, 9.17) is 0 Å². The molecule has 2 aromatic rings. The average Bonchev–Trinajstić information content (AvgIpc) is 2.33. The third kappa shape index (κ3) is 2.60. The van der Waals surface area contributed by atoms with E-state index in [0.29, 0.717) is 15.0 Å². The molecule has 1 aromatic carbocycles. The van der Waals surface area contributed by atoms with Crippen molar-refractivity contribution in [3.05, 3.63) is 49.7 Å². The van der Waals surface area contributed by atoms with E-state index in [-0.39, 0.29) is 17.3 Å². The molecule has 0 fully saturated rings. The number of halogens is 2. The van der Waals surface area contributed by atoms with Gasteiger partial charge in [-0.2, -0.15) is 0 Å². The maximum absolute atomic E-state index is 12.9. The van der Waals surface area contributed by atoms with Crippen LogP contribution in [0.4, 0.5) is 4.39 Å². The second kappa shape index (κ2) is 5.17. The van der Waals surface area contributed by atoms with E-state index in [9.17, 15) is 9.18 Å². The molecule has 94 valence electrons. The van der Waals surface area contributed by atoms with Crippen LogP contribution in [-0.2, 0) is 0 Å². The topological polar surface area (TPSA) is 45.8 Å². The zero-order chi connectivity index (χ0) is 13.3. The molecule has 1 heterocycles. The summed E-state index contributed by atoms with van der Waals surface area (Å²) in [7, 11) is 0. The summed E-state index contributed by atoms with van der Waals surface area (Å²) >= 11 is 2.00. The van der Waals surface area contributed by atoms with Crippen LogP contribution in [0.1, 0.15) is 25.5 Å². The van der Waals surface area contributed by atoms with E-state index in [1.54, 1.807) is 12.1 Å². The predicted octanol–water partition coefficient (Wildman–Crippen LogP) is 3.30. The van der Waals surface area contributed by atoms with Gasteiger partial charge in [0.1, 0.15) is 11.6 Å². The Balaban J connectivity index is 2.59. The van der Waals surface area contributed by atoms with Crippen LogP contribution < -0.4 is 5.56 Å². The molecule has 0 amide bonds. The molecule has 5 heteroatoms. The molecule has 0 spiro atoms. The minimum absolute atomic E-state index is 0.159. The first kappa shape index (κ1) is 13.2. The number of H-pyrrole nitrogens is 1. The highest BCUT2D eigenvalue weighted by Crippen LogP contribution is 2.20. The molecule has 0 radical (unpaired) electrons. The number of nitrogens with one attached hydrogen (secondary N) is 1. The zero-order valence-corrected chi connectivity index (χ0v) is 12.2. The summed E-state index contributed by atoms with van der Waals surface area (Å²) in [5.41, 5.74) is 1.30. The smallest absolute Gasteiger partial charge is 0.264 e. The molecule has 0 bridgehead atoms. The van der Waals surface area contributed by atoms with Gasteiger partial charge >= 0.3 is 0 Å². The molecule has 0 aliphatic rings. The molecule has 0 aliphatic heterocycles. The Bertz CT molecular complexity index is 620. The Morgan fingerprint density at radius 1 is 1.28 bits per heavy atom. The van der Waals surface area contributed by atoms with Gasteiger partial charge in [-0.3, -0.25) is 4.79 Å². The molecule has 2 rings (SSSR count). The van der Waals surface area contributed by atoms with E-state index in [0.717, 1.165) is 5.69 Å². The van der Waals surface area contributed by atoms with Crippen molar-refractivity contribution < 1.29 is 4.39 Å². The van der Waals surface area contributed by atoms with Crippen molar-refractivity contribution in [3.63, 3.8) is 0 Å². The molecule has 0 atom stereocenters. The number of nitrogens with zero attached hydrogens (tertiary/aromatic N) is 1.